The molecular formula is C20H25N9O2. The highest BCUT2D eigenvalue weighted by Gasteiger charge is 2.53. The van der Waals surface area contributed by atoms with Crippen LogP contribution in [0, 0.1) is 5.41 Å². The number of nitrogens with zero attached hydrogens (tertiary/aromatic N) is 8. The number of hydrogen-bond acceptors (Lipinski definition) is 9. The van der Waals surface area contributed by atoms with Gasteiger partial charge in [-0.1, -0.05) is 6.92 Å². The number of nitrogens with two attached hydrogens (primary N) is 1. The van der Waals surface area contributed by atoms with E-state index >= 15 is 0 Å². The van der Waals surface area contributed by atoms with Crippen molar-refractivity contribution in [2.45, 2.75) is 25.8 Å². The van der Waals surface area contributed by atoms with Crippen LogP contribution >= 0.6 is 0 Å². The third kappa shape index (κ3) is 2.87. The Kier molecular flexibility index (Phi) is 3.98. The molecule has 3 aliphatic heterocycles. The maximum Gasteiger partial charge on any atom is 0.259 e. The van der Waals surface area contributed by atoms with Gasteiger partial charge in [-0.15, -0.1) is 5.10 Å². The Balaban J connectivity index is 1.22. The number of furan rings is 1. The Labute approximate surface area is 178 Å². The van der Waals surface area contributed by atoms with Gasteiger partial charge in [0, 0.05) is 38.1 Å². The van der Waals surface area contributed by atoms with Crippen LogP contribution in [-0.4, -0.2) is 85.6 Å². The summed E-state index contributed by atoms with van der Waals surface area (Å²) in [5, 5.41) is 4.34. The van der Waals surface area contributed by atoms with Gasteiger partial charge in [0.05, 0.1) is 6.26 Å². The third-order valence-corrected chi connectivity index (χ3v) is 6.69. The van der Waals surface area contributed by atoms with E-state index in [1.807, 2.05) is 9.80 Å². The molecule has 0 aliphatic carbocycles. The minimum absolute atomic E-state index is 0.165. The lowest BCUT2D eigenvalue weighted by Crippen LogP contribution is -2.73. The van der Waals surface area contributed by atoms with Crippen molar-refractivity contribution >= 4 is 23.6 Å². The van der Waals surface area contributed by atoms with Gasteiger partial charge in [-0.25, -0.2) is 0 Å². The average molecular weight is 423 g/mol. The first kappa shape index (κ1) is 18.6. The second-order valence-corrected chi connectivity index (χ2v) is 8.86. The molecule has 2 N–H and O–H groups in total. The standard InChI is InChI=1S/C20H25N9O2/c1-2-26-9-20(10-26)11-27(12-20)16(30)13-5-3-7-28(13)18-23-17(21)29-19(24-18)22-15(25-29)14-6-4-8-31-14/h4,6,8,13H,2-3,5,7,9-12H2,1H3,(H2,21,22,23,24,25)/t13-/m0/s1. The highest BCUT2D eigenvalue weighted by Crippen LogP contribution is 2.40. The van der Waals surface area contributed by atoms with Gasteiger partial charge in [0.2, 0.25) is 23.6 Å². The zero-order chi connectivity index (χ0) is 21.2. The number of carbonyl (C=O) groups excluding carboxylic acids is 1. The zero-order valence-corrected chi connectivity index (χ0v) is 17.4. The van der Waals surface area contributed by atoms with Crippen LogP contribution < -0.4 is 10.6 Å². The first-order chi connectivity index (χ1) is 15.0. The molecule has 3 saturated heterocycles. The largest absolute Gasteiger partial charge is 0.461 e. The number of amides is 1. The number of anilines is 2. The van der Waals surface area contributed by atoms with Gasteiger partial charge >= 0.3 is 0 Å². The molecule has 3 aromatic rings. The predicted octanol–water partition coefficient (Wildman–Crippen LogP) is 0.494. The van der Waals surface area contributed by atoms with Crippen LogP contribution in [0.2, 0.25) is 0 Å². The van der Waals surface area contributed by atoms with Crippen LogP contribution in [0.3, 0.4) is 0 Å². The number of carbonyl (C=O) groups is 1. The van der Waals surface area contributed by atoms with Gasteiger partial charge in [0.15, 0.2) is 5.76 Å². The topological polar surface area (TPSA) is 122 Å². The molecule has 1 spiro atoms. The fourth-order valence-corrected chi connectivity index (χ4v) is 5.15. The molecule has 1 amide bonds. The molecule has 3 aliphatic rings. The van der Waals surface area contributed by atoms with Crippen LogP contribution in [0.4, 0.5) is 11.9 Å². The number of nitrogen functional groups attached to an aromatic ring is 1. The van der Waals surface area contributed by atoms with E-state index in [1.54, 1.807) is 18.4 Å². The number of likely N-dealkylation sites (tertiary alicyclic amines) is 2. The minimum Gasteiger partial charge on any atom is -0.461 e. The summed E-state index contributed by atoms with van der Waals surface area (Å²) in [5.74, 6) is 2.03. The smallest absolute Gasteiger partial charge is 0.259 e. The number of aromatic nitrogens is 5. The Hall–Kier alpha value is -3.21. The molecule has 0 saturated carbocycles. The van der Waals surface area contributed by atoms with Crippen LogP contribution in [0.15, 0.2) is 22.8 Å². The van der Waals surface area contributed by atoms with E-state index in [0.717, 1.165) is 45.6 Å². The highest BCUT2D eigenvalue weighted by atomic mass is 16.3. The maximum atomic E-state index is 13.2. The molecule has 0 aromatic carbocycles. The summed E-state index contributed by atoms with van der Waals surface area (Å²) in [6.07, 6.45) is 3.27. The molecule has 6 rings (SSSR count). The predicted molar refractivity (Wildman–Crippen MR) is 112 cm³/mol. The van der Waals surface area contributed by atoms with E-state index < -0.39 is 0 Å². The molecule has 31 heavy (non-hydrogen) atoms. The summed E-state index contributed by atoms with van der Waals surface area (Å²) in [6.45, 7) is 7.88. The Bertz CT molecular complexity index is 1130. The van der Waals surface area contributed by atoms with E-state index in [-0.39, 0.29) is 17.9 Å². The number of rotatable bonds is 4. The van der Waals surface area contributed by atoms with Crippen LogP contribution in [0.25, 0.3) is 17.4 Å². The summed E-state index contributed by atoms with van der Waals surface area (Å²) >= 11 is 0. The molecule has 3 fully saturated rings. The summed E-state index contributed by atoms with van der Waals surface area (Å²) in [6, 6.07) is 3.29. The fraction of sp³-hybridized carbons (Fsp3) is 0.550. The summed E-state index contributed by atoms with van der Waals surface area (Å²) in [7, 11) is 0. The summed E-state index contributed by atoms with van der Waals surface area (Å²) in [4.78, 5) is 33.0. The van der Waals surface area contributed by atoms with Gasteiger partial charge in [0.1, 0.15) is 6.04 Å². The van der Waals surface area contributed by atoms with Gasteiger partial charge in [-0.3, -0.25) is 4.79 Å². The lowest BCUT2D eigenvalue weighted by Gasteiger charge is -2.60. The quantitative estimate of drug-likeness (QED) is 0.639. The van der Waals surface area contributed by atoms with E-state index in [2.05, 4.69) is 31.9 Å². The van der Waals surface area contributed by atoms with Crippen molar-refractivity contribution < 1.29 is 9.21 Å². The van der Waals surface area contributed by atoms with Crippen LogP contribution in [-0.2, 0) is 4.79 Å². The second-order valence-electron chi connectivity index (χ2n) is 8.86. The third-order valence-electron chi connectivity index (χ3n) is 6.69. The molecular weight excluding hydrogens is 398 g/mol. The first-order valence-electron chi connectivity index (χ1n) is 10.8. The van der Waals surface area contributed by atoms with Crippen molar-refractivity contribution in [3.8, 4) is 11.6 Å². The van der Waals surface area contributed by atoms with Crippen molar-refractivity contribution in [3.63, 3.8) is 0 Å². The summed E-state index contributed by atoms with van der Waals surface area (Å²) in [5.41, 5.74) is 6.47. The normalized spacial score (nSPS) is 22.8. The second kappa shape index (κ2) is 6.64. The summed E-state index contributed by atoms with van der Waals surface area (Å²) < 4.78 is 6.76. The van der Waals surface area contributed by atoms with Gasteiger partial charge in [-0.2, -0.15) is 19.5 Å². The Morgan fingerprint density at radius 3 is 2.84 bits per heavy atom. The van der Waals surface area contributed by atoms with Crippen molar-refractivity contribution in [1.82, 2.24) is 34.4 Å². The molecule has 3 aromatic heterocycles. The van der Waals surface area contributed by atoms with Gasteiger partial charge in [-0.05, 0) is 31.5 Å². The monoisotopic (exact) mass is 423 g/mol. The van der Waals surface area contributed by atoms with Crippen molar-refractivity contribution in [2.24, 2.45) is 5.41 Å². The van der Waals surface area contributed by atoms with E-state index in [4.69, 9.17) is 10.2 Å². The zero-order valence-electron chi connectivity index (χ0n) is 17.4. The molecule has 11 heteroatoms. The van der Waals surface area contributed by atoms with Crippen LogP contribution in [0.1, 0.15) is 19.8 Å². The molecule has 162 valence electrons. The molecule has 6 heterocycles. The van der Waals surface area contributed by atoms with Gasteiger partial charge in [0.25, 0.3) is 5.78 Å². The van der Waals surface area contributed by atoms with E-state index in [9.17, 15) is 4.79 Å². The van der Waals surface area contributed by atoms with Crippen molar-refractivity contribution in [3.05, 3.63) is 18.4 Å². The van der Waals surface area contributed by atoms with Crippen LogP contribution in [0.5, 0.6) is 0 Å². The molecule has 11 nitrogen and oxygen atoms in total. The SMILES string of the molecule is CCN1CC2(C1)CN(C(=O)[C@@H]1CCCN1c1nc(N)n3nc(-c4ccco4)nc3n1)C2. The van der Waals surface area contributed by atoms with E-state index in [1.165, 1.54) is 4.52 Å². The minimum atomic E-state index is -0.256. The number of fused-ring (bicyclic) bond motifs is 1. The van der Waals surface area contributed by atoms with Gasteiger partial charge < -0.3 is 24.9 Å². The molecule has 0 unspecified atom stereocenters. The molecule has 0 bridgehead atoms. The lowest BCUT2D eigenvalue weighted by atomic mass is 9.72. The Morgan fingerprint density at radius 1 is 1.26 bits per heavy atom. The molecule has 0 radical (unpaired) electrons. The fourth-order valence-electron chi connectivity index (χ4n) is 5.15. The number of hydrogen-bond donors (Lipinski definition) is 1. The van der Waals surface area contributed by atoms with E-state index in [0.29, 0.717) is 35.3 Å². The van der Waals surface area contributed by atoms with Crippen molar-refractivity contribution in [1.29, 1.82) is 0 Å². The average Bonchev–Trinajstić information content (AvgIpc) is 3.44. The first-order valence-corrected chi connectivity index (χ1v) is 10.8. The molecule has 1 atom stereocenters. The van der Waals surface area contributed by atoms with Crippen molar-refractivity contribution in [2.75, 3.05) is 49.9 Å². The Morgan fingerprint density at radius 2 is 2.10 bits per heavy atom. The highest BCUT2D eigenvalue weighted by molar-refractivity contribution is 5.86. The lowest BCUT2D eigenvalue weighted by molar-refractivity contribution is -0.159. The maximum absolute atomic E-state index is 13.2.